The summed E-state index contributed by atoms with van der Waals surface area (Å²) < 4.78 is 30.0. The van der Waals surface area contributed by atoms with Crippen molar-refractivity contribution in [3.8, 4) is 0 Å². The summed E-state index contributed by atoms with van der Waals surface area (Å²) in [6.45, 7) is 0. The molecule has 6 aliphatic carbocycles. The van der Waals surface area contributed by atoms with Gasteiger partial charge in [0.05, 0.1) is 0 Å². The van der Waals surface area contributed by atoms with Crippen LogP contribution >= 0.6 is 0 Å². The fourth-order valence-electron chi connectivity index (χ4n) is 5.63. The van der Waals surface area contributed by atoms with Crippen LogP contribution in [0, 0.1) is 0 Å². The highest BCUT2D eigenvalue weighted by Crippen LogP contribution is 2.34. The van der Waals surface area contributed by atoms with Gasteiger partial charge in [-0.3, -0.25) is 38.4 Å². The fourth-order valence-corrected chi connectivity index (χ4v) is 5.63. The number of carbonyl (C=O) groups is 8. The summed E-state index contributed by atoms with van der Waals surface area (Å²) in [7, 11) is 0. The smallest absolute Gasteiger partial charge is 0.194 e. The molecule has 0 aliphatic heterocycles. The Kier molecular flexibility index (Phi) is 9.03. The Morgan fingerprint density at radius 1 is 0.438 bits per heavy atom. The van der Waals surface area contributed by atoms with Crippen LogP contribution in [0.5, 0.6) is 0 Å². The summed E-state index contributed by atoms with van der Waals surface area (Å²) in [4.78, 5) is 86.7. The molecule has 8 rings (SSSR count). The molecule has 0 aromatic heterocycles. The highest BCUT2D eigenvalue weighted by molar-refractivity contribution is 6.29. The maximum absolute atomic E-state index is 12.9. The molecule has 0 radical (unpaired) electrons. The largest absolute Gasteiger partial charge is 0.298 e. The molecule has 0 fully saturated rings. The Morgan fingerprint density at radius 3 is 1.12 bits per heavy atom. The maximum Gasteiger partial charge on any atom is 0.194 e. The molecule has 0 unspecified atom stereocenters. The highest BCUT2D eigenvalue weighted by Gasteiger charge is 2.32. The number of rotatable bonds is 4. The van der Waals surface area contributed by atoms with Gasteiger partial charge in [-0.05, 0) is 96.5 Å². The third kappa shape index (κ3) is 7.08. The highest BCUT2D eigenvalue weighted by atomic mass is 16.1. The van der Waals surface area contributed by atoms with Crippen LogP contribution < -0.4 is 0 Å². The van der Waals surface area contributed by atoms with E-state index in [1.54, 1.807) is 24.3 Å². The Bertz CT molecular complexity index is 1920. The van der Waals surface area contributed by atoms with E-state index in [1.165, 1.54) is 24.3 Å². The van der Waals surface area contributed by atoms with Gasteiger partial charge >= 0.3 is 0 Å². The van der Waals surface area contributed by atoms with Crippen LogP contribution in [0.15, 0.2) is 107 Å². The van der Waals surface area contributed by atoms with Crippen molar-refractivity contribution in [2.24, 2.45) is 0 Å². The molecule has 242 valence electrons. The predicted octanol–water partition coefficient (Wildman–Crippen LogP) is 5.87. The Balaban J connectivity index is 0.000000265. The number of carbonyl (C=O) groups excluding carboxylic acids is 8. The lowest BCUT2D eigenvalue weighted by Gasteiger charge is -2.20. The van der Waals surface area contributed by atoms with Crippen molar-refractivity contribution >= 4 is 60.4 Å². The minimum atomic E-state index is -0.121. The van der Waals surface area contributed by atoms with Gasteiger partial charge in [0.1, 0.15) is 25.1 Å². The summed E-state index contributed by atoms with van der Waals surface area (Å²) in [6.07, 6.45) is 25.9. The van der Waals surface area contributed by atoms with Gasteiger partial charge in [-0.1, -0.05) is 48.6 Å². The Labute approximate surface area is 285 Å². The van der Waals surface area contributed by atoms with Gasteiger partial charge < -0.3 is 0 Å². The molecule has 2 aromatic carbocycles. The molecule has 0 amide bonds. The van der Waals surface area contributed by atoms with Crippen molar-refractivity contribution in [2.45, 2.75) is 25.7 Å². The van der Waals surface area contributed by atoms with E-state index in [9.17, 15) is 38.4 Å². The second-order valence-corrected chi connectivity index (χ2v) is 11.2. The van der Waals surface area contributed by atoms with Gasteiger partial charge in [0.15, 0.2) is 23.1 Å². The number of hydrogen-bond donors (Lipinski definition) is 0. The summed E-state index contributed by atoms with van der Waals surface area (Å²) in [5.74, 6) is -0.293. The van der Waals surface area contributed by atoms with Crippen molar-refractivity contribution in [1.82, 2.24) is 0 Å². The van der Waals surface area contributed by atoms with Crippen molar-refractivity contribution in [3.05, 3.63) is 152 Å². The van der Waals surface area contributed by atoms with E-state index in [1.807, 2.05) is 36.4 Å². The topological polar surface area (TPSA) is 137 Å². The molecule has 8 nitrogen and oxygen atoms in total. The van der Waals surface area contributed by atoms with Gasteiger partial charge in [-0.2, -0.15) is 0 Å². The zero-order chi connectivity index (χ0) is 40.2. The van der Waals surface area contributed by atoms with Gasteiger partial charge in [-0.15, -0.1) is 0 Å². The summed E-state index contributed by atoms with van der Waals surface area (Å²) >= 11 is 0. The monoisotopic (exact) mass is 648 g/mol. The van der Waals surface area contributed by atoms with E-state index in [0.29, 0.717) is 70.0 Å². The average molecular weight is 649 g/mol. The van der Waals surface area contributed by atoms with Crippen LogP contribution in [-0.2, 0) is 41.6 Å². The number of benzene rings is 2. The van der Waals surface area contributed by atoms with Crippen LogP contribution in [-0.4, -0.2) is 48.3 Å². The van der Waals surface area contributed by atoms with Crippen molar-refractivity contribution < 1.29 is 47.3 Å². The molecule has 0 atom stereocenters. The average Bonchev–Trinajstić information content (AvgIpc) is 4.07. The van der Waals surface area contributed by atoms with Crippen LogP contribution in [0.1, 0.15) is 75.8 Å². The Morgan fingerprint density at radius 2 is 0.792 bits per heavy atom. The third-order valence-corrected chi connectivity index (χ3v) is 8.18. The number of allylic oxidation sites excluding steroid dienone is 14. The molecule has 0 saturated heterocycles. The molecular weight excluding hydrogens is 608 g/mol. The predicted molar refractivity (Wildman–Crippen MR) is 186 cm³/mol. The van der Waals surface area contributed by atoms with Crippen LogP contribution in [0.25, 0.3) is 12.2 Å². The van der Waals surface area contributed by atoms with Crippen molar-refractivity contribution in [2.75, 3.05) is 0 Å². The lowest BCUT2D eigenvalue weighted by atomic mass is 9.81. The van der Waals surface area contributed by atoms with E-state index >= 15 is 0 Å². The van der Waals surface area contributed by atoms with E-state index in [2.05, 4.69) is 12.2 Å². The molecule has 0 heterocycles. The number of fused-ring (bicyclic) bond motifs is 4. The summed E-state index contributed by atoms with van der Waals surface area (Å²) in [6, 6.07) is 7.56. The van der Waals surface area contributed by atoms with Crippen molar-refractivity contribution in [3.63, 3.8) is 0 Å². The molecule has 8 heteroatoms. The second kappa shape index (κ2) is 14.9. The first-order chi connectivity index (χ1) is 26.3. The fraction of sp³-hybridized carbons (Fsp3) is 0.100. The third-order valence-electron chi connectivity index (χ3n) is 8.18. The van der Waals surface area contributed by atoms with E-state index in [0.717, 1.165) is 47.7 Å². The van der Waals surface area contributed by atoms with E-state index in [-0.39, 0.29) is 23.1 Å². The molecule has 0 bridgehead atoms. The van der Waals surface area contributed by atoms with E-state index in [4.69, 9.17) is 8.91 Å². The van der Waals surface area contributed by atoms with Gasteiger partial charge in [-0.25, -0.2) is 0 Å². The minimum absolute atomic E-state index is 0.0256. The van der Waals surface area contributed by atoms with Crippen molar-refractivity contribution in [1.29, 1.82) is 0 Å². The number of hydrogen-bond acceptors (Lipinski definition) is 8. The molecule has 0 N–H and O–H groups in total. The molecular formula is C40H34O8. The standard InChI is InChI=1S/C20H12O2.2C7H6O2.C6H4O2.3H2/c21-19-15-7-11-3-1-4-12(11)8-16(15)20(22)18-10-14-6-2-5-13(14)9-17(18)19;2*8-4-6-2-1-3-7(6)5-9;7-5-1-2-6(8)4-3-5;;;/h1-3,6-10H,4-5H2;2*1-2,4-5H,3H2;1-4H;3*1H/i;;;;3*1+1D. The minimum Gasteiger partial charge on any atom is -0.298 e. The normalized spacial score (nSPS) is 17.2. The molecule has 0 saturated carbocycles. The molecule has 0 spiro atoms. The number of aldehydes is 4. The first-order valence-electron chi connectivity index (χ1n) is 18.1. The van der Waals surface area contributed by atoms with Crippen LogP contribution in [0.2, 0.25) is 0 Å². The van der Waals surface area contributed by atoms with Gasteiger partial charge in [0, 0.05) is 53.5 Å². The summed E-state index contributed by atoms with van der Waals surface area (Å²) in [5, 5.41) is 0. The SMILES string of the molecule is O=C1C=CC(=O)C=C1.O=C1c2cc3c(cc2C(=O)c2cc4c(cc21)CC=C4)CC=C3.O=CC1=C(C=O)CC=C1.O=CC1=C(C=O)CC=C1.[2H][2H].[2H][2H].[2H][2H]. The van der Waals surface area contributed by atoms with Gasteiger partial charge in [0.25, 0.3) is 0 Å². The first kappa shape index (κ1) is 29.1. The molecule has 6 aliphatic rings. The lowest BCUT2D eigenvalue weighted by Crippen LogP contribution is -2.22. The quantitative estimate of drug-likeness (QED) is 0.253. The number of ketones is 4. The van der Waals surface area contributed by atoms with Crippen LogP contribution in [0.4, 0.5) is 0 Å². The van der Waals surface area contributed by atoms with Gasteiger partial charge in [0.2, 0.25) is 0 Å². The first-order valence-corrected chi connectivity index (χ1v) is 15.1. The molecule has 48 heavy (non-hydrogen) atoms. The maximum atomic E-state index is 12.9. The lowest BCUT2D eigenvalue weighted by molar-refractivity contribution is -0.113. The Hall–Kier alpha value is -6.28. The zero-order valence-corrected chi connectivity index (χ0v) is 25.6. The van der Waals surface area contributed by atoms with E-state index < -0.39 is 0 Å². The van der Waals surface area contributed by atoms with Crippen LogP contribution in [0.3, 0.4) is 0 Å². The molecule has 2 aromatic rings. The zero-order valence-electron chi connectivity index (χ0n) is 31.6. The second-order valence-electron chi connectivity index (χ2n) is 11.2. The summed E-state index contributed by atoms with van der Waals surface area (Å²) in [5.41, 5.74) is 8.81.